The number of allylic oxidation sites excluding steroid dienone is 1. The van der Waals surface area contributed by atoms with Crippen molar-refractivity contribution in [2.45, 2.75) is 19.4 Å². The van der Waals surface area contributed by atoms with E-state index in [1.807, 2.05) is 22.4 Å². The molecule has 1 atom stereocenters. The average Bonchev–Trinajstić information content (AvgIpc) is 3.34. The van der Waals surface area contributed by atoms with E-state index in [0.29, 0.717) is 47.7 Å². The Morgan fingerprint density at radius 1 is 1.15 bits per heavy atom. The molecule has 1 fully saturated rings. The van der Waals surface area contributed by atoms with Crippen LogP contribution >= 0.6 is 11.8 Å². The number of thioether (sulfide) groups is 1. The van der Waals surface area contributed by atoms with Crippen molar-refractivity contribution in [3.63, 3.8) is 0 Å². The Labute approximate surface area is 233 Å². The molecule has 11 nitrogen and oxygen atoms in total. The van der Waals surface area contributed by atoms with Gasteiger partial charge in [0, 0.05) is 50.6 Å². The molecule has 3 aliphatic rings. The molecule has 3 aliphatic heterocycles. The van der Waals surface area contributed by atoms with Crippen molar-refractivity contribution in [3.8, 4) is 11.5 Å². The monoisotopic (exact) mass is 560 g/mol. The second-order valence-corrected chi connectivity index (χ2v) is 9.95. The second kappa shape index (κ2) is 13.8. The summed E-state index contributed by atoms with van der Waals surface area (Å²) >= 11 is 1.42. The van der Waals surface area contributed by atoms with Crippen molar-refractivity contribution in [1.29, 1.82) is 0 Å². The molecule has 1 unspecified atom stereocenters. The average molecular weight is 561 g/mol. The molecule has 0 aliphatic carbocycles. The van der Waals surface area contributed by atoms with Crippen LogP contribution in [-0.4, -0.2) is 101 Å². The number of hydrogen-bond acceptors (Lipinski definition) is 11. The van der Waals surface area contributed by atoms with Crippen LogP contribution in [0.4, 0.5) is 0 Å². The number of carbonyl (C=O) groups excluding carboxylic acids is 2. The molecular weight excluding hydrogens is 524 g/mol. The molecule has 0 saturated carbocycles. The predicted octanol–water partition coefficient (Wildman–Crippen LogP) is 2.31. The number of methoxy groups -OCH3 is 3. The molecule has 39 heavy (non-hydrogen) atoms. The molecule has 0 aromatic heterocycles. The van der Waals surface area contributed by atoms with Crippen LogP contribution in [0.3, 0.4) is 0 Å². The first-order chi connectivity index (χ1) is 19.0. The Morgan fingerprint density at radius 2 is 1.95 bits per heavy atom. The number of ether oxygens (including phenoxy) is 5. The van der Waals surface area contributed by atoms with E-state index in [1.54, 1.807) is 34.3 Å². The van der Waals surface area contributed by atoms with E-state index in [9.17, 15) is 9.59 Å². The minimum Gasteiger partial charge on any atom is -0.497 e. The Balaban J connectivity index is 1.58. The summed E-state index contributed by atoms with van der Waals surface area (Å²) in [7, 11) is 4.70. The van der Waals surface area contributed by atoms with Crippen molar-refractivity contribution < 1.29 is 33.3 Å². The Bertz CT molecular complexity index is 1150. The van der Waals surface area contributed by atoms with Crippen LogP contribution in [0.1, 0.15) is 24.9 Å². The van der Waals surface area contributed by atoms with Gasteiger partial charge in [0.2, 0.25) is 5.91 Å². The summed E-state index contributed by atoms with van der Waals surface area (Å²) in [5, 5.41) is 5.62. The van der Waals surface area contributed by atoms with Gasteiger partial charge in [0.15, 0.2) is 5.17 Å². The molecule has 1 aromatic rings. The van der Waals surface area contributed by atoms with Crippen LogP contribution in [0.2, 0.25) is 0 Å². The van der Waals surface area contributed by atoms with E-state index >= 15 is 0 Å². The van der Waals surface area contributed by atoms with Gasteiger partial charge < -0.3 is 33.9 Å². The lowest BCUT2D eigenvalue weighted by molar-refractivity contribution is -0.141. The smallest absolute Gasteiger partial charge is 0.338 e. The quantitative estimate of drug-likeness (QED) is 0.302. The largest absolute Gasteiger partial charge is 0.497 e. The van der Waals surface area contributed by atoms with Gasteiger partial charge in [-0.05, 0) is 24.5 Å². The molecular formula is C27H36N4O7S. The van der Waals surface area contributed by atoms with Gasteiger partial charge >= 0.3 is 5.97 Å². The van der Waals surface area contributed by atoms with Crippen LogP contribution in [0.15, 0.2) is 45.6 Å². The topological polar surface area (TPSA) is 111 Å². The Kier molecular flexibility index (Phi) is 10.3. The zero-order valence-corrected chi connectivity index (χ0v) is 23.7. The SMILES string of the molecule is COCCOC(=O)C1=C(C)N=C2SC=C(CC(=O)NCCN3CCOCC3)N2C1c1ccc(OC)cc1OC. The van der Waals surface area contributed by atoms with Crippen LogP contribution < -0.4 is 14.8 Å². The summed E-state index contributed by atoms with van der Waals surface area (Å²) in [5.74, 6) is 0.562. The molecule has 1 aromatic carbocycles. The standard InChI is InChI=1S/C27H36N4O7S/c1-18-24(26(33)38-14-13-34-2)25(21-6-5-20(35-3)16-22(21)36-4)31-19(17-39-27(31)29-18)15-23(32)28-7-8-30-9-11-37-12-10-30/h5-6,16-17,25H,7-15H2,1-4H3,(H,28,32). The summed E-state index contributed by atoms with van der Waals surface area (Å²) in [6.45, 7) is 6.66. The molecule has 3 heterocycles. The van der Waals surface area contributed by atoms with Gasteiger partial charge in [0.25, 0.3) is 0 Å². The zero-order chi connectivity index (χ0) is 27.8. The van der Waals surface area contributed by atoms with E-state index in [2.05, 4.69) is 10.2 Å². The second-order valence-electron chi connectivity index (χ2n) is 9.11. The predicted molar refractivity (Wildman–Crippen MR) is 148 cm³/mol. The minimum atomic E-state index is -0.615. The molecule has 0 bridgehead atoms. The molecule has 212 valence electrons. The lowest BCUT2D eigenvalue weighted by Crippen LogP contribution is -2.42. The van der Waals surface area contributed by atoms with Crippen LogP contribution in [-0.2, 0) is 23.8 Å². The normalized spacial score (nSPS) is 19.3. The number of esters is 1. The van der Waals surface area contributed by atoms with E-state index < -0.39 is 12.0 Å². The molecule has 4 rings (SSSR count). The highest BCUT2D eigenvalue weighted by atomic mass is 32.2. The number of nitrogens with zero attached hydrogens (tertiary/aromatic N) is 3. The maximum atomic E-state index is 13.4. The summed E-state index contributed by atoms with van der Waals surface area (Å²) < 4.78 is 27.1. The summed E-state index contributed by atoms with van der Waals surface area (Å²) in [5.41, 5.74) is 2.38. The third-order valence-corrected chi connectivity index (χ3v) is 7.56. The van der Waals surface area contributed by atoms with Gasteiger partial charge in [-0.25, -0.2) is 9.79 Å². The molecule has 1 saturated heterocycles. The number of morpholine rings is 1. The van der Waals surface area contributed by atoms with Crippen molar-refractivity contribution >= 4 is 28.8 Å². The molecule has 1 N–H and O–H groups in total. The highest BCUT2D eigenvalue weighted by Gasteiger charge is 2.42. The highest BCUT2D eigenvalue weighted by molar-refractivity contribution is 8.16. The van der Waals surface area contributed by atoms with Crippen molar-refractivity contribution in [2.75, 3.05) is 73.9 Å². The zero-order valence-electron chi connectivity index (χ0n) is 22.9. The lowest BCUT2D eigenvalue weighted by atomic mass is 9.93. The van der Waals surface area contributed by atoms with Gasteiger partial charge in [-0.1, -0.05) is 11.8 Å². The number of amidine groups is 1. The van der Waals surface area contributed by atoms with Gasteiger partial charge in [-0.2, -0.15) is 0 Å². The van der Waals surface area contributed by atoms with Crippen molar-refractivity contribution in [2.24, 2.45) is 4.99 Å². The first-order valence-electron chi connectivity index (χ1n) is 12.9. The number of carbonyl (C=O) groups is 2. The first-order valence-corrected chi connectivity index (χ1v) is 13.7. The molecule has 12 heteroatoms. The van der Waals surface area contributed by atoms with Gasteiger partial charge in [-0.15, -0.1) is 0 Å². The van der Waals surface area contributed by atoms with E-state index in [4.69, 9.17) is 28.7 Å². The lowest BCUT2D eigenvalue weighted by Gasteiger charge is -2.36. The third kappa shape index (κ3) is 6.93. The van der Waals surface area contributed by atoms with E-state index in [-0.39, 0.29) is 25.5 Å². The van der Waals surface area contributed by atoms with Crippen LogP contribution in [0.5, 0.6) is 11.5 Å². The van der Waals surface area contributed by atoms with Crippen molar-refractivity contribution in [1.82, 2.24) is 15.1 Å². The van der Waals surface area contributed by atoms with E-state index in [1.165, 1.54) is 11.8 Å². The molecule has 0 spiro atoms. The number of fused-ring (bicyclic) bond motifs is 1. The van der Waals surface area contributed by atoms with Gasteiger partial charge in [0.1, 0.15) is 18.1 Å². The number of rotatable bonds is 12. The maximum absolute atomic E-state index is 13.4. The maximum Gasteiger partial charge on any atom is 0.338 e. The third-order valence-electron chi connectivity index (χ3n) is 6.67. The van der Waals surface area contributed by atoms with Crippen LogP contribution in [0, 0.1) is 0 Å². The fourth-order valence-corrected chi connectivity index (χ4v) is 5.63. The Morgan fingerprint density at radius 3 is 2.67 bits per heavy atom. The minimum absolute atomic E-state index is 0.104. The highest BCUT2D eigenvalue weighted by Crippen LogP contribution is 2.47. The van der Waals surface area contributed by atoms with Gasteiger partial charge in [0.05, 0.1) is 57.8 Å². The fraction of sp³-hybridized carbons (Fsp3) is 0.519. The Hall–Kier alpha value is -3.06. The van der Waals surface area contributed by atoms with Gasteiger partial charge in [-0.3, -0.25) is 9.69 Å². The number of benzene rings is 1. The number of hydrogen-bond donors (Lipinski definition) is 1. The fourth-order valence-electron chi connectivity index (χ4n) is 4.67. The number of amides is 1. The van der Waals surface area contributed by atoms with E-state index in [0.717, 1.165) is 30.9 Å². The first kappa shape index (κ1) is 28.9. The molecule has 0 radical (unpaired) electrons. The number of nitrogens with one attached hydrogen (secondary N) is 1. The van der Waals surface area contributed by atoms with Crippen LogP contribution in [0.25, 0.3) is 0 Å². The summed E-state index contributed by atoms with van der Waals surface area (Å²) in [6, 6.07) is 4.84. The van der Waals surface area contributed by atoms with Crippen molar-refractivity contribution in [3.05, 3.63) is 46.1 Å². The summed E-state index contributed by atoms with van der Waals surface area (Å²) in [6.07, 6.45) is 0.134. The molecule has 1 amide bonds. The summed E-state index contributed by atoms with van der Waals surface area (Å²) in [4.78, 5) is 35.3. The number of aliphatic imine (C=N–C) groups is 1.